The van der Waals surface area contributed by atoms with Gasteiger partial charge in [0.25, 0.3) is 0 Å². The molecule has 0 saturated heterocycles. The quantitative estimate of drug-likeness (QED) is 0.191. The fourth-order valence-electron chi connectivity index (χ4n) is 4.02. The van der Waals surface area contributed by atoms with Crippen LogP contribution in [0.1, 0.15) is 103 Å². The van der Waals surface area contributed by atoms with Gasteiger partial charge in [-0.25, -0.2) is 18.7 Å². The lowest BCUT2D eigenvalue weighted by molar-refractivity contribution is 0.167. The maximum atomic E-state index is 14.0. The van der Waals surface area contributed by atoms with E-state index in [9.17, 15) is 8.78 Å². The molecule has 0 saturated carbocycles. The number of ether oxygens (including phenoxy) is 1. The number of benzene rings is 1. The van der Waals surface area contributed by atoms with Crippen LogP contribution in [0.2, 0.25) is 0 Å². The lowest BCUT2D eigenvalue weighted by atomic mass is 10.0. The highest BCUT2D eigenvalue weighted by molar-refractivity contribution is 5.55. The Labute approximate surface area is 205 Å². The molecule has 0 aliphatic heterocycles. The number of alkyl halides is 2. The fraction of sp³-hybridized carbons (Fsp3) is 0.655. The summed E-state index contributed by atoms with van der Waals surface area (Å²) in [5.41, 5.74) is 2.30. The van der Waals surface area contributed by atoms with Gasteiger partial charge in [0.1, 0.15) is 19.0 Å². The molecule has 190 valence electrons. The Morgan fingerprint density at radius 3 is 1.94 bits per heavy atom. The van der Waals surface area contributed by atoms with Gasteiger partial charge in [-0.1, -0.05) is 95.9 Å². The molecule has 1 aromatic carbocycles. The first-order valence-electron chi connectivity index (χ1n) is 13.4. The molecule has 0 bridgehead atoms. The maximum absolute atomic E-state index is 14.0. The maximum Gasteiger partial charge on any atom is 0.159 e. The molecule has 3 nitrogen and oxygen atoms in total. The molecule has 0 fully saturated rings. The monoisotopic (exact) mass is 474 g/mol. The molecule has 34 heavy (non-hydrogen) atoms. The highest BCUT2D eigenvalue weighted by Gasteiger charge is 2.13. The smallest absolute Gasteiger partial charge is 0.159 e. The van der Waals surface area contributed by atoms with Crippen molar-refractivity contribution < 1.29 is 13.5 Å². The average molecular weight is 475 g/mol. The van der Waals surface area contributed by atoms with Crippen LogP contribution in [0.15, 0.2) is 36.7 Å². The number of unbranched alkanes of at least 4 members (excludes halogenated alkanes) is 8. The first kappa shape index (κ1) is 28.2. The van der Waals surface area contributed by atoms with Gasteiger partial charge in [-0.05, 0) is 37.7 Å². The van der Waals surface area contributed by atoms with E-state index in [1.165, 1.54) is 56.9 Å². The highest BCUT2D eigenvalue weighted by Crippen LogP contribution is 2.20. The lowest BCUT2D eigenvalue weighted by Crippen LogP contribution is -2.15. The topological polar surface area (TPSA) is 35.0 Å². The van der Waals surface area contributed by atoms with Crippen molar-refractivity contribution in [1.29, 1.82) is 0 Å². The molecule has 1 heterocycles. The van der Waals surface area contributed by atoms with Gasteiger partial charge in [-0.3, -0.25) is 0 Å². The van der Waals surface area contributed by atoms with Crippen molar-refractivity contribution in [2.75, 3.05) is 6.61 Å². The van der Waals surface area contributed by atoms with E-state index in [0.29, 0.717) is 18.0 Å². The largest absolute Gasteiger partial charge is 0.487 e. The van der Waals surface area contributed by atoms with Crippen LogP contribution in [-0.4, -0.2) is 28.9 Å². The van der Waals surface area contributed by atoms with Crippen LogP contribution in [0.25, 0.3) is 11.4 Å². The zero-order valence-corrected chi connectivity index (χ0v) is 21.3. The summed E-state index contributed by atoms with van der Waals surface area (Å²) in [7, 11) is 0. The van der Waals surface area contributed by atoms with Gasteiger partial charge < -0.3 is 4.74 Å². The molecule has 0 radical (unpaired) electrons. The van der Waals surface area contributed by atoms with Gasteiger partial charge in [0.15, 0.2) is 11.6 Å². The van der Waals surface area contributed by atoms with E-state index in [2.05, 4.69) is 41.2 Å². The summed E-state index contributed by atoms with van der Waals surface area (Å²) < 4.78 is 33.1. The van der Waals surface area contributed by atoms with Crippen LogP contribution in [0, 0.1) is 0 Å². The highest BCUT2D eigenvalue weighted by atomic mass is 19.1. The van der Waals surface area contributed by atoms with Gasteiger partial charge >= 0.3 is 0 Å². The summed E-state index contributed by atoms with van der Waals surface area (Å²) >= 11 is 0. The summed E-state index contributed by atoms with van der Waals surface area (Å²) in [5.74, 6) is 1.06. The van der Waals surface area contributed by atoms with Crippen molar-refractivity contribution in [3.05, 3.63) is 42.2 Å². The van der Waals surface area contributed by atoms with Crippen LogP contribution in [0.5, 0.6) is 5.75 Å². The average Bonchev–Trinajstić information content (AvgIpc) is 2.87. The summed E-state index contributed by atoms with van der Waals surface area (Å²) in [4.78, 5) is 8.73. The number of aromatic nitrogens is 2. The van der Waals surface area contributed by atoms with E-state index >= 15 is 0 Å². The first-order chi connectivity index (χ1) is 16.6. The summed E-state index contributed by atoms with van der Waals surface area (Å²) in [6.07, 6.45) is 15.5. The van der Waals surface area contributed by atoms with Gasteiger partial charge in [0.05, 0.1) is 12.4 Å². The lowest BCUT2D eigenvalue weighted by Gasteiger charge is -2.12. The summed E-state index contributed by atoms with van der Waals surface area (Å²) in [6, 6.07) is 8.41. The van der Waals surface area contributed by atoms with Crippen molar-refractivity contribution in [3.8, 4) is 17.1 Å². The molecule has 2 atom stereocenters. The molecule has 2 unspecified atom stereocenters. The molecule has 5 heteroatoms. The van der Waals surface area contributed by atoms with E-state index in [4.69, 9.17) is 4.74 Å². The molecular formula is C29H44F2N2O. The third-order valence-corrected chi connectivity index (χ3v) is 6.25. The first-order valence-corrected chi connectivity index (χ1v) is 13.4. The van der Waals surface area contributed by atoms with Crippen molar-refractivity contribution in [2.45, 2.75) is 116 Å². The number of aryl methyl sites for hydroxylation is 1. The molecule has 2 rings (SSSR count). The van der Waals surface area contributed by atoms with Crippen LogP contribution in [0.3, 0.4) is 0 Å². The van der Waals surface area contributed by atoms with E-state index in [0.717, 1.165) is 24.8 Å². The minimum Gasteiger partial charge on any atom is -0.487 e. The summed E-state index contributed by atoms with van der Waals surface area (Å²) in [6.45, 7) is 4.18. The molecule has 0 amide bonds. The van der Waals surface area contributed by atoms with Crippen LogP contribution >= 0.6 is 0 Å². The standard InChI is InChI=1S/C29H44F2N2O/c1-3-5-7-8-9-10-11-12-13-24-15-17-25(18-16-24)29-32-21-28(22-33-29)34-23-27(31)20-19-26(30)14-6-4-2/h15-18,21-22,26-27H,3-14,19-20,23H2,1-2H3. The van der Waals surface area contributed by atoms with E-state index in [1.54, 1.807) is 12.4 Å². The fourth-order valence-corrected chi connectivity index (χ4v) is 4.02. The SMILES string of the molecule is CCCCCCCCCCc1ccc(-c2ncc(OCC(F)CCC(F)CCCC)cn2)cc1. The Balaban J connectivity index is 1.67. The Hall–Kier alpha value is -2.04. The van der Waals surface area contributed by atoms with Gasteiger partial charge in [-0.2, -0.15) is 0 Å². The second kappa shape index (κ2) is 17.4. The van der Waals surface area contributed by atoms with Crippen molar-refractivity contribution >= 4 is 0 Å². The van der Waals surface area contributed by atoms with E-state index < -0.39 is 12.3 Å². The number of rotatable bonds is 19. The van der Waals surface area contributed by atoms with Crippen LogP contribution in [0.4, 0.5) is 8.78 Å². The van der Waals surface area contributed by atoms with Crippen LogP contribution < -0.4 is 4.74 Å². The molecule has 1 aromatic heterocycles. The zero-order valence-electron chi connectivity index (χ0n) is 21.3. The van der Waals surface area contributed by atoms with Crippen molar-refractivity contribution in [1.82, 2.24) is 9.97 Å². The number of nitrogens with zero attached hydrogens (tertiary/aromatic N) is 2. The van der Waals surface area contributed by atoms with Gasteiger partial charge in [-0.15, -0.1) is 0 Å². The van der Waals surface area contributed by atoms with Crippen molar-refractivity contribution in [2.24, 2.45) is 0 Å². The molecular weight excluding hydrogens is 430 g/mol. The Morgan fingerprint density at radius 1 is 0.706 bits per heavy atom. The predicted molar refractivity (Wildman–Crippen MR) is 138 cm³/mol. The van der Waals surface area contributed by atoms with Crippen LogP contribution in [-0.2, 0) is 6.42 Å². The van der Waals surface area contributed by atoms with E-state index in [-0.39, 0.29) is 19.4 Å². The molecule has 0 aliphatic carbocycles. The van der Waals surface area contributed by atoms with Crippen molar-refractivity contribution in [3.63, 3.8) is 0 Å². The number of hydrogen-bond acceptors (Lipinski definition) is 3. The van der Waals surface area contributed by atoms with E-state index in [1.807, 2.05) is 6.92 Å². The molecule has 0 spiro atoms. The summed E-state index contributed by atoms with van der Waals surface area (Å²) in [5, 5.41) is 0. The Morgan fingerprint density at radius 2 is 1.29 bits per heavy atom. The third kappa shape index (κ3) is 11.9. The Bertz CT molecular complexity index is 752. The predicted octanol–water partition coefficient (Wildman–Crippen LogP) is 8.85. The second-order valence-corrected chi connectivity index (χ2v) is 9.39. The molecule has 0 N–H and O–H groups in total. The Kier molecular flexibility index (Phi) is 14.4. The zero-order chi connectivity index (χ0) is 24.4. The molecule has 2 aromatic rings. The second-order valence-electron chi connectivity index (χ2n) is 9.39. The van der Waals surface area contributed by atoms with Gasteiger partial charge in [0.2, 0.25) is 0 Å². The molecule has 0 aliphatic rings. The minimum atomic E-state index is -1.19. The third-order valence-electron chi connectivity index (χ3n) is 6.25. The normalized spacial score (nSPS) is 13.1. The number of halogens is 2. The number of hydrogen-bond donors (Lipinski definition) is 0. The minimum absolute atomic E-state index is 0.101. The van der Waals surface area contributed by atoms with Gasteiger partial charge in [0, 0.05) is 5.56 Å².